The van der Waals surface area contributed by atoms with Gasteiger partial charge < -0.3 is 10.0 Å². The molecule has 28 heavy (non-hydrogen) atoms. The number of benzene rings is 1. The lowest BCUT2D eigenvalue weighted by molar-refractivity contribution is -0.0245. The molecule has 1 fully saturated rings. The Morgan fingerprint density at radius 2 is 1.93 bits per heavy atom. The number of hydrogen-bond donors (Lipinski definition) is 2. The molecule has 2 aromatic heterocycles. The van der Waals surface area contributed by atoms with Gasteiger partial charge >= 0.3 is 0 Å². The highest BCUT2D eigenvalue weighted by molar-refractivity contribution is 5.93. The second kappa shape index (κ2) is 7.56. The largest absolute Gasteiger partial charge is 0.383 e. The Balaban J connectivity index is 1.44. The highest BCUT2D eigenvalue weighted by Gasteiger charge is 2.36. The van der Waals surface area contributed by atoms with Crippen LogP contribution in [0.4, 0.5) is 0 Å². The Kier molecular flexibility index (Phi) is 4.96. The number of likely N-dealkylation sites (tertiary alicyclic amines) is 1. The maximum atomic E-state index is 12.8. The van der Waals surface area contributed by atoms with Crippen LogP contribution in [0.2, 0.25) is 0 Å². The second-order valence-electron chi connectivity index (χ2n) is 7.26. The Morgan fingerprint density at radius 1 is 1.18 bits per heavy atom. The smallest absolute Gasteiger partial charge is 0.271 e. The van der Waals surface area contributed by atoms with Gasteiger partial charge in [0.1, 0.15) is 11.3 Å². The number of hydrogen-bond acceptors (Lipinski definition) is 4. The van der Waals surface area contributed by atoms with Crippen LogP contribution in [0.15, 0.2) is 54.7 Å². The normalized spacial score (nSPS) is 16.1. The van der Waals surface area contributed by atoms with Crippen LogP contribution in [0.5, 0.6) is 0 Å². The maximum Gasteiger partial charge on any atom is 0.271 e. The minimum absolute atomic E-state index is 0.0907. The van der Waals surface area contributed by atoms with Crippen molar-refractivity contribution < 1.29 is 9.90 Å². The molecule has 0 saturated carbocycles. The summed E-state index contributed by atoms with van der Waals surface area (Å²) in [7, 11) is 0. The van der Waals surface area contributed by atoms with Gasteiger partial charge in [-0.2, -0.15) is 5.10 Å². The van der Waals surface area contributed by atoms with Crippen LogP contribution >= 0.6 is 0 Å². The topological polar surface area (TPSA) is 82.1 Å². The lowest BCUT2D eigenvalue weighted by Crippen LogP contribution is -2.45. The molecule has 0 unspecified atom stereocenters. The molecule has 1 saturated heterocycles. The van der Waals surface area contributed by atoms with Crippen molar-refractivity contribution >= 4 is 5.91 Å². The molecule has 3 heterocycles. The Hall–Kier alpha value is -2.99. The van der Waals surface area contributed by atoms with Gasteiger partial charge in [0.2, 0.25) is 0 Å². The molecule has 144 valence electrons. The van der Waals surface area contributed by atoms with Crippen LogP contribution in [-0.2, 0) is 12.0 Å². The van der Waals surface area contributed by atoms with Gasteiger partial charge in [0.25, 0.3) is 5.91 Å². The highest BCUT2D eigenvalue weighted by atomic mass is 16.3. The molecule has 0 aliphatic carbocycles. The van der Waals surface area contributed by atoms with Gasteiger partial charge in [0.15, 0.2) is 0 Å². The number of amides is 1. The molecule has 2 N–H and O–H groups in total. The first-order chi connectivity index (χ1) is 13.6. The van der Waals surface area contributed by atoms with E-state index in [2.05, 4.69) is 34.2 Å². The number of aliphatic hydroxyl groups is 1. The number of pyridine rings is 1. The first-order valence-corrected chi connectivity index (χ1v) is 9.67. The van der Waals surface area contributed by atoms with Crippen molar-refractivity contribution in [3.63, 3.8) is 0 Å². The molecule has 6 heteroatoms. The fourth-order valence-corrected chi connectivity index (χ4v) is 3.63. The predicted molar refractivity (Wildman–Crippen MR) is 107 cm³/mol. The van der Waals surface area contributed by atoms with E-state index in [1.807, 2.05) is 30.3 Å². The Bertz CT molecular complexity index is 942. The minimum atomic E-state index is -0.974. The van der Waals surface area contributed by atoms with E-state index in [-0.39, 0.29) is 5.91 Å². The summed E-state index contributed by atoms with van der Waals surface area (Å²) in [5.41, 5.74) is 3.17. The first kappa shape index (κ1) is 18.4. The van der Waals surface area contributed by atoms with E-state index in [9.17, 15) is 9.90 Å². The number of aromatic amines is 1. The third kappa shape index (κ3) is 3.55. The summed E-state index contributed by atoms with van der Waals surface area (Å²) in [6.07, 6.45) is 3.61. The van der Waals surface area contributed by atoms with Crippen LogP contribution < -0.4 is 0 Å². The molecule has 1 aliphatic heterocycles. The standard InChI is InChI=1S/C22H24N4O2/c1-2-16-6-8-17(9-7-16)18-15-19(25-24-18)21(27)26-13-10-22(28,11-14-26)20-5-3-4-12-23-20/h3-9,12,15,28H,2,10-11,13-14H2,1H3,(H,24,25). The van der Waals surface area contributed by atoms with Gasteiger partial charge in [0, 0.05) is 24.8 Å². The van der Waals surface area contributed by atoms with Crippen LogP contribution in [0.1, 0.15) is 41.5 Å². The number of aromatic nitrogens is 3. The molecule has 0 bridgehead atoms. The van der Waals surface area contributed by atoms with Crippen LogP contribution in [0, 0.1) is 0 Å². The fourth-order valence-electron chi connectivity index (χ4n) is 3.63. The number of carbonyl (C=O) groups excluding carboxylic acids is 1. The van der Waals surface area contributed by atoms with E-state index in [1.54, 1.807) is 17.2 Å². The van der Waals surface area contributed by atoms with Gasteiger partial charge in [-0.3, -0.25) is 14.9 Å². The first-order valence-electron chi connectivity index (χ1n) is 9.67. The lowest BCUT2D eigenvalue weighted by Gasteiger charge is -2.37. The van der Waals surface area contributed by atoms with Gasteiger partial charge in [-0.05, 0) is 43.0 Å². The Morgan fingerprint density at radius 3 is 2.57 bits per heavy atom. The molecular weight excluding hydrogens is 352 g/mol. The summed E-state index contributed by atoms with van der Waals surface area (Å²) in [6, 6.07) is 15.5. The number of rotatable bonds is 4. The molecular formula is C22H24N4O2. The van der Waals surface area contributed by atoms with E-state index >= 15 is 0 Å². The highest BCUT2D eigenvalue weighted by Crippen LogP contribution is 2.32. The number of carbonyl (C=O) groups is 1. The van der Waals surface area contributed by atoms with Crippen molar-refractivity contribution in [3.8, 4) is 11.3 Å². The monoisotopic (exact) mass is 376 g/mol. The summed E-state index contributed by atoms with van der Waals surface area (Å²) in [5, 5.41) is 18.1. The number of aryl methyl sites for hydroxylation is 1. The van der Waals surface area contributed by atoms with E-state index in [4.69, 9.17) is 0 Å². The number of piperidine rings is 1. The van der Waals surface area contributed by atoms with Crippen molar-refractivity contribution in [2.75, 3.05) is 13.1 Å². The van der Waals surface area contributed by atoms with Crippen molar-refractivity contribution in [1.82, 2.24) is 20.1 Å². The molecule has 0 radical (unpaired) electrons. The summed E-state index contributed by atoms with van der Waals surface area (Å²) in [5.74, 6) is -0.0907. The average Bonchev–Trinajstić information content (AvgIpc) is 3.25. The van der Waals surface area contributed by atoms with Gasteiger partial charge in [-0.25, -0.2) is 0 Å². The van der Waals surface area contributed by atoms with E-state index < -0.39 is 5.60 Å². The predicted octanol–water partition coefficient (Wildman–Crippen LogP) is 3.16. The molecule has 1 aliphatic rings. The SMILES string of the molecule is CCc1ccc(-c2cc(C(=O)N3CCC(O)(c4ccccn4)CC3)[nH]n2)cc1. The quantitative estimate of drug-likeness (QED) is 0.733. The molecule has 3 aromatic rings. The lowest BCUT2D eigenvalue weighted by atomic mass is 9.87. The van der Waals surface area contributed by atoms with Gasteiger partial charge in [-0.15, -0.1) is 0 Å². The molecule has 1 aromatic carbocycles. The third-order valence-electron chi connectivity index (χ3n) is 5.49. The number of nitrogens with zero attached hydrogens (tertiary/aromatic N) is 3. The van der Waals surface area contributed by atoms with E-state index in [0.717, 1.165) is 17.7 Å². The van der Waals surface area contributed by atoms with Crippen molar-refractivity contribution in [1.29, 1.82) is 0 Å². The summed E-state index contributed by atoms with van der Waals surface area (Å²) < 4.78 is 0. The Labute approximate surface area is 164 Å². The maximum absolute atomic E-state index is 12.8. The van der Waals surface area contributed by atoms with E-state index in [1.165, 1.54) is 5.56 Å². The molecule has 0 spiro atoms. The minimum Gasteiger partial charge on any atom is -0.383 e. The van der Waals surface area contributed by atoms with Crippen molar-refractivity contribution in [2.24, 2.45) is 0 Å². The average molecular weight is 376 g/mol. The molecule has 0 atom stereocenters. The molecule has 6 nitrogen and oxygen atoms in total. The van der Waals surface area contributed by atoms with Crippen LogP contribution in [0.3, 0.4) is 0 Å². The van der Waals surface area contributed by atoms with Gasteiger partial charge in [-0.1, -0.05) is 37.3 Å². The van der Waals surface area contributed by atoms with Crippen LogP contribution in [-0.4, -0.2) is 44.2 Å². The number of nitrogens with one attached hydrogen (secondary N) is 1. The van der Waals surface area contributed by atoms with Crippen LogP contribution in [0.25, 0.3) is 11.3 Å². The fraction of sp³-hybridized carbons (Fsp3) is 0.318. The third-order valence-corrected chi connectivity index (χ3v) is 5.49. The zero-order valence-corrected chi connectivity index (χ0v) is 15.9. The molecule has 4 rings (SSSR count). The molecule has 1 amide bonds. The summed E-state index contributed by atoms with van der Waals surface area (Å²) in [4.78, 5) is 18.9. The summed E-state index contributed by atoms with van der Waals surface area (Å²) >= 11 is 0. The number of H-pyrrole nitrogens is 1. The zero-order chi connectivity index (χ0) is 19.6. The second-order valence-corrected chi connectivity index (χ2v) is 7.26. The van der Waals surface area contributed by atoms with Crippen molar-refractivity contribution in [3.05, 3.63) is 71.7 Å². The van der Waals surface area contributed by atoms with Crippen molar-refractivity contribution in [2.45, 2.75) is 31.8 Å². The van der Waals surface area contributed by atoms with E-state index in [0.29, 0.717) is 37.3 Å². The zero-order valence-electron chi connectivity index (χ0n) is 15.9. The van der Waals surface area contributed by atoms with Gasteiger partial charge in [0.05, 0.1) is 11.4 Å². The summed E-state index contributed by atoms with van der Waals surface area (Å²) in [6.45, 7) is 3.07.